The van der Waals surface area contributed by atoms with Crippen LogP contribution >= 0.6 is 0 Å². The number of nitrogens with one attached hydrogen (secondary N) is 2. The van der Waals surface area contributed by atoms with E-state index in [9.17, 15) is 14.4 Å². The van der Waals surface area contributed by atoms with Crippen LogP contribution in [0.1, 0.15) is 68.6 Å². The highest BCUT2D eigenvalue weighted by Gasteiger charge is 2.22. The number of rotatable bonds is 7. The molecule has 7 heteroatoms. The Hall–Kier alpha value is -2.83. The van der Waals surface area contributed by atoms with Crippen LogP contribution in [0, 0.1) is 5.92 Å². The van der Waals surface area contributed by atoms with Crippen LogP contribution in [0.3, 0.4) is 0 Å². The van der Waals surface area contributed by atoms with E-state index in [0.717, 1.165) is 51.4 Å². The maximum Gasteiger partial charge on any atom is 0.349 e. The summed E-state index contributed by atoms with van der Waals surface area (Å²) in [5.74, 6) is -0.525. The zero-order valence-corrected chi connectivity index (χ0v) is 16.8. The van der Waals surface area contributed by atoms with Crippen molar-refractivity contribution >= 4 is 22.8 Å². The molecule has 2 N–H and O–H groups in total. The molecule has 1 aliphatic rings. The van der Waals surface area contributed by atoms with Crippen molar-refractivity contribution in [1.29, 1.82) is 0 Å². The highest BCUT2D eigenvalue weighted by molar-refractivity contribution is 5.98. The summed E-state index contributed by atoms with van der Waals surface area (Å²) in [6, 6.07) is 6.72. The molecule has 0 bridgehead atoms. The number of hydrazine groups is 1. The lowest BCUT2D eigenvalue weighted by atomic mass is 9.89. The fraction of sp³-hybridized carbons (Fsp3) is 0.500. The number of para-hydroxylation sites is 1. The maximum absolute atomic E-state index is 12.4. The maximum atomic E-state index is 12.4. The topological polar surface area (TPSA) is 97.6 Å². The predicted octanol–water partition coefficient (Wildman–Crippen LogP) is 3.70. The van der Waals surface area contributed by atoms with E-state index in [4.69, 9.17) is 9.15 Å². The van der Waals surface area contributed by atoms with Gasteiger partial charge >= 0.3 is 5.63 Å². The highest BCUT2D eigenvalue weighted by atomic mass is 16.5. The van der Waals surface area contributed by atoms with Gasteiger partial charge in [-0.15, -0.1) is 0 Å². The molecule has 29 heavy (non-hydrogen) atoms. The van der Waals surface area contributed by atoms with Gasteiger partial charge in [0.15, 0.2) is 11.3 Å². The summed E-state index contributed by atoms with van der Waals surface area (Å²) in [7, 11) is 0. The largest absolute Gasteiger partial charge is 0.490 e. The van der Waals surface area contributed by atoms with E-state index >= 15 is 0 Å². The normalized spacial score (nSPS) is 14.5. The number of carbonyl (C=O) groups is 2. The lowest BCUT2D eigenvalue weighted by Gasteiger charge is -2.20. The van der Waals surface area contributed by atoms with Crippen molar-refractivity contribution in [2.24, 2.45) is 5.92 Å². The molecule has 156 valence electrons. The van der Waals surface area contributed by atoms with Gasteiger partial charge in [-0.2, -0.15) is 0 Å². The summed E-state index contributed by atoms with van der Waals surface area (Å²) in [6.07, 6.45) is 7.88. The Balaban J connectivity index is 1.69. The van der Waals surface area contributed by atoms with Gasteiger partial charge in [-0.05, 0) is 31.4 Å². The van der Waals surface area contributed by atoms with E-state index in [-0.39, 0.29) is 17.4 Å². The van der Waals surface area contributed by atoms with Gasteiger partial charge in [-0.3, -0.25) is 20.4 Å². The van der Waals surface area contributed by atoms with Crippen molar-refractivity contribution < 1.29 is 18.7 Å². The first-order valence-corrected chi connectivity index (χ1v) is 10.4. The van der Waals surface area contributed by atoms with E-state index in [1.54, 1.807) is 18.2 Å². The second-order valence-electron chi connectivity index (χ2n) is 7.46. The second kappa shape index (κ2) is 10.1. The molecule has 0 aliphatic heterocycles. The van der Waals surface area contributed by atoms with Gasteiger partial charge in [0.1, 0.15) is 5.56 Å². The molecule has 0 radical (unpaired) electrons. The first-order valence-electron chi connectivity index (χ1n) is 10.4. The van der Waals surface area contributed by atoms with Crippen LogP contribution in [0.4, 0.5) is 0 Å². The van der Waals surface area contributed by atoms with Crippen molar-refractivity contribution in [1.82, 2.24) is 10.9 Å². The Kier molecular flexibility index (Phi) is 7.27. The average molecular weight is 400 g/mol. The molecule has 1 aliphatic carbocycles. The Morgan fingerprint density at radius 2 is 1.93 bits per heavy atom. The highest BCUT2D eigenvalue weighted by Crippen LogP contribution is 2.25. The van der Waals surface area contributed by atoms with Crippen LogP contribution in [0.5, 0.6) is 5.75 Å². The zero-order valence-electron chi connectivity index (χ0n) is 16.8. The minimum atomic E-state index is -0.772. The van der Waals surface area contributed by atoms with Gasteiger partial charge in [0.25, 0.3) is 5.91 Å². The van der Waals surface area contributed by atoms with Crippen LogP contribution in [0.25, 0.3) is 11.0 Å². The second-order valence-corrected chi connectivity index (χ2v) is 7.46. The van der Waals surface area contributed by atoms with Crippen molar-refractivity contribution in [2.75, 3.05) is 6.61 Å². The minimum Gasteiger partial charge on any atom is -0.490 e. The summed E-state index contributed by atoms with van der Waals surface area (Å²) in [5.41, 5.74) is 4.15. The van der Waals surface area contributed by atoms with Gasteiger partial charge in [-0.25, -0.2) is 4.79 Å². The molecule has 1 heterocycles. The van der Waals surface area contributed by atoms with Gasteiger partial charge in [0.05, 0.1) is 6.61 Å². The molecule has 2 amide bonds. The minimum absolute atomic E-state index is 0.0931. The third kappa shape index (κ3) is 5.37. The number of hydrogen-bond donors (Lipinski definition) is 2. The van der Waals surface area contributed by atoms with Crippen LogP contribution in [0.2, 0.25) is 0 Å². The molecule has 1 fully saturated rings. The van der Waals surface area contributed by atoms with Gasteiger partial charge in [-0.1, -0.05) is 51.2 Å². The Labute approximate surface area is 169 Å². The molecule has 0 spiro atoms. The van der Waals surface area contributed by atoms with Crippen LogP contribution < -0.4 is 21.2 Å². The molecule has 7 nitrogen and oxygen atoms in total. The number of benzene rings is 1. The molecule has 1 aromatic carbocycles. The summed E-state index contributed by atoms with van der Waals surface area (Å²) in [6.45, 7) is 2.65. The molecule has 0 atom stereocenters. The summed E-state index contributed by atoms with van der Waals surface area (Å²) in [4.78, 5) is 36.9. The third-order valence-corrected chi connectivity index (χ3v) is 5.25. The van der Waals surface area contributed by atoms with E-state index in [1.807, 2.05) is 0 Å². The molecule has 1 aromatic heterocycles. The monoisotopic (exact) mass is 400 g/mol. The first kappa shape index (κ1) is 20.9. The standard InChI is InChI=1S/C22H28N2O5/c1-2-3-7-13-28-18-12-8-11-16-14-17(22(27)29-19(16)18)21(26)24-23-20(25)15-9-5-4-6-10-15/h8,11-12,14-15H,2-7,9-10,13H2,1H3,(H,23,25)(H,24,26). The number of hydrogen-bond acceptors (Lipinski definition) is 5. The SMILES string of the molecule is CCCCCOc1cccc2cc(C(=O)NNC(=O)C3CCCCC3)c(=O)oc12. The van der Waals surface area contributed by atoms with Crippen molar-refractivity contribution in [3.8, 4) is 5.75 Å². The van der Waals surface area contributed by atoms with Crippen LogP contribution in [0.15, 0.2) is 33.5 Å². The number of unbranched alkanes of at least 4 members (excludes halogenated alkanes) is 2. The lowest BCUT2D eigenvalue weighted by Crippen LogP contribution is -2.46. The lowest BCUT2D eigenvalue weighted by molar-refractivity contribution is -0.126. The predicted molar refractivity (Wildman–Crippen MR) is 110 cm³/mol. The van der Waals surface area contributed by atoms with Crippen molar-refractivity contribution in [3.63, 3.8) is 0 Å². The van der Waals surface area contributed by atoms with Crippen molar-refractivity contribution in [3.05, 3.63) is 40.2 Å². The summed E-state index contributed by atoms with van der Waals surface area (Å²) >= 11 is 0. The van der Waals surface area contributed by atoms with Crippen LogP contribution in [-0.2, 0) is 4.79 Å². The fourth-order valence-electron chi connectivity index (χ4n) is 3.58. The summed E-state index contributed by atoms with van der Waals surface area (Å²) < 4.78 is 11.1. The number of carbonyl (C=O) groups excluding carboxylic acids is 2. The smallest absolute Gasteiger partial charge is 0.349 e. The zero-order chi connectivity index (χ0) is 20.6. The van der Waals surface area contributed by atoms with E-state index in [1.165, 1.54) is 6.07 Å². The van der Waals surface area contributed by atoms with Crippen molar-refractivity contribution in [2.45, 2.75) is 58.3 Å². The van der Waals surface area contributed by atoms with E-state index < -0.39 is 11.5 Å². The molecular formula is C22H28N2O5. The molecule has 0 saturated heterocycles. The number of fused-ring (bicyclic) bond motifs is 1. The Morgan fingerprint density at radius 1 is 1.14 bits per heavy atom. The molecular weight excluding hydrogens is 372 g/mol. The first-order chi connectivity index (χ1) is 14.1. The van der Waals surface area contributed by atoms with Crippen LogP contribution in [-0.4, -0.2) is 18.4 Å². The molecule has 3 rings (SSSR count). The van der Waals surface area contributed by atoms with Gasteiger partial charge < -0.3 is 9.15 Å². The fourth-order valence-corrected chi connectivity index (χ4v) is 3.58. The Bertz CT molecular complexity index is 915. The molecule has 2 aromatic rings. The van der Waals surface area contributed by atoms with E-state index in [0.29, 0.717) is 23.3 Å². The van der Waals surface area contributed by atoms with Gasteiger partial charge in [0, 0.05) is 11.3 Å². The Morgan fingerprint density at radius 3 is 2.69 bits per heavy atom. The van der Waals surface area contributed by atoms with Gasteiger partial charge in [0.2, 0.25) is 5.91 Å². The van der Waals surface area contributed by atoms with E-state index in [2.05, 4.69) is 17.8 Å². The average Bonchev–Trinajstić information content (AvgIpc) is 2.75. The number of ether oxygens (including phenoxy) is 1. The number of amides is 2. The quantitative estimate of drug-likeness (QED) is 0.419. The third-order valence-electron chi connectivity index (χ3n) is 5.25. The molecule has 1 saturated carbocycles. The summed E-state index contributed by atoms with van der Waals surface area (Å²) in [5, 5.41) is 0.585. The molecule has 0 unspecified atom stereocenters.